The van der Waals surface area contributed by atoms with E-state index in [1.807, 2.05) is 4.90 Å². The lowest BCUT2D eigenvalue weighted by molar-refractivity contribution is -0.140. The average Bonchev–Trinajstić information content (AvgIpc) is 2.88. The standard InChI is InChI=1S/C20H38N4O3.HI/c1-3-21-20(22-14-9-5-4-8-13-19(26)27-2)23-15-11-17-24-16-10-6-7-12-18(24)25;/h3-17H2,1-2H3,(H2,21,22,23);1H. The van der Waals surface area contributed by atoms with Crippen molar-refractivity contribution in [2.24, 2.45) is 4.99 Å². The van der Waals surface area contributed by atoms with Crippen LogP contribution in [0, 0.1) is 0 Å². The van der Waals surface area contributed by atoms with Gasteiger partial charge in [-0.25, -0.2) is 0 Å². The first kappa shape index (κ1) is 26.9. The van der Waals surface area contributed by atoms with E-state index in [1.54, 1.807) is 0 Å². The molecule has 0 aliphatic carbocycles. The number of guanidine groups is 1. The van der Waals surface area contributed by atoms with Crippen LogP contribution in [-0.2, 0) is 14.3 Å². The van der Waals surface area contributed by atoms with Crippen LogP contribution < -0.4 is 10.6 Å². The van der Waals surface area contributed by atoms with Gasteiger partial charge in [0.05, 0.1) is 7.11 Å². The molecule has 0 atom stereocenters. The molecule has 1 saturated heterocycles. The zero-order valence-electron chi connectivity index (χ0n) is 17.6. The fraction of sp³-hybridized carbons (Fsp3) is 0.850. The van der Waals surface area contributed by atoms with Crippen molar-refractivity contribution in [3.05, 3.63) is 0 Å². The van der Waals surface area contributed by atoms with Crippen molar-refractivity contribution in [1.29, 1.82) is 0 Å². The molecule has 0 aromatic heterocycles. The molecule has 0 unspecified atom stereocenters. The highest BCUT2D eigenvalue weighted by atomic mass is 127. The molecule has 0 radical (unpaired) electrons. The topological polar surface area (TPSA) is 83.0 Å². The second kappa shape index (κ2) is 18.0. The number of amides is 1. The summed E-state index contributed by atoms with van der Waals surface area (Å²) in [4.78, 5) is 29.6. The Hall–Kier alpha value is -1.06. The molecule has 164 valence electrons. The van der Waals surface area contributed by atoms with Crippen LogP contribution in [0.2, 0.25) is 0 Å². The minimum absolute atomic E-state index is 0. The molecule has 28 heavy (non-hydrogen) atoms. The predicted octanol–water partition coefficient (Wildman–Crippen LogP) is 3.08. The van der Waals surface area contributed by atoms with Crippen LogP contribution in [0.1, 0.15) is 71.1 Å². The summed E-state index contributed by atoms with van der Waals surface area (Å²) in [6.07, 6.45) is 9.48. The number of methoxy groups -OCH3 is 1. The monoisotopic (exact) mass is 510 g/mol. The summed E-state index contributed by atoms with van der Waals surface area (Å²) >= 11 is 0. The summed E-state index contributed by atoms with van der Waals surface area (Å²) in [5.74, 6) is 1.01. The Balaban J connectivity index is 0.00000729. The summed E-state index contributed by atoms with van der Waals surface area (Å²) in [5.41, 5.74) is 0. The third kappa shape index (κ3) is 13.2. The number of halogens is 1. The van der Waals surface area contributed by atoms with Crippen molar-refractivity contribution in [2.75, 3.05) is 39.8 Å². The van der Waals surface area contributed by atoms with Gasteiger partial charge in [0.15, 0.2) is 5.96 Å². The third-order valence-corrected chi connectivity index (χ3v) is 4.70. The minimum Gasteiger partial charge on any atom is -0.469 e. The number of hydrogen-bond acceptors (Lipinski definition) is 4. The zero-order valence-corrected chi connectivity index (χ0v) is 20.0. The summed E-state index contributed by atoms with van der Waals surface area (Å²) in [5, 5.41) is 6.62. The van der Waals surface area contributed by atoms with Gasteiger partial charge in [-0.05, 0) is 39.0 Å². The van der Waals surface area contributed by atoms with Crippen LogP contribution in [0.4, 0.5) is 0 Å². The summed E-state index contributed by atoms with van der Waals surface area (Å²) in [7, 11) is 1.43. The van der Waals surface area contributed by atoms with Gasteiger partial charge in [-0.1, -0.05) is 19.3 Å². The molecule has 1 aliphatic heterocycles. The molecule has 2 N–H and O–H groups in total. The lowest BCUT2D eigenvalue weighted by Gasteiger charge is -2.20. The summed E-state index contributed by atoms with van der Waals surface area (Å²) in [6, 6.07) is 0. The quantitative estimate of drug-likeness (QED) is 0.139. The van der Waals surface area contributed by atoms with E-state index in [2.05, 4.69) is 27.3 Å². The van der Waals surface area contributed by atoms with E-state index in [9.17, 15) is 9.59 Å². The Morgan fingerprint density at radius 3 is 2.64 bits per heavy atom. The maximum Gasteiger partial charge on any atom is 0.305 e. The fourth-order valence-electron chi connectivity index (χ4n) is 3.13. The number of esters is 1. The number of hydrogen-bond donors (Lipinski definition) is 2. The Morgan fingerprint density at radius 1 is 1.11 bits per heavy atom. The molecule has 1 amide bonds. The van der Waals surface area contributed by atoms with E-state index in [-0.39, 0.29) is 29.9 Å². The van der Waals surface area contributed by atoms with Crippen LogP contribution in [0.3, 0.4) is 0 Å². The molecule has 1 heterocycles. The van der Waals surface area contributed by atoms with Crippen molar-refractivity contribution in [2.45, 2.75) is 71.1 Å². The number of carbonyl (C=O) groups is 2. The molecule has 0 spiro atoms. The van der Waals surface area contributed by atoms with Crippen molar-refractivity contribution in [1.82, 2.24) is 15.5 Å². The lowest BCUT2D eigenvalue weighted by Crippen LogP contribution is -2.38. The van der Waals surface area contributed by atoms with Gasteiger partial charge >= 0.3 is 5.97 Å². The van der Waals surface area contributed by atoms with Gasteiger partial charge < -0.3 is 20.3 Å². The molecule has 8 heteroatoms. The second-order valence-electron chi connectivity index (χ2n) is 6.97. The molecule has 0 aromatic rings. The van der Waals surface area contributed by atoms with Crippen molar-refractivity contribution < 1.29 is 14.3 Å². The first-order valence-corrected chi connectivity index (χ1v) is 10.5. The highest BCUT2D eigenvalue weighted by Crippen LogP contribution is 2.11. The van der Waals surface area contributed by atoms with Gasteiger partial charge in [-0.2, -0.15) is 0 Å². The first-order chi connectivity index (χ1) is 13.2. The van der Waals surface area contributed by atoms with Crippen molar-refractivity contribution in [3.8, 4) is 0 Å². The van der Waals surface area contributed by atoms with Gasteiger partial charge in [0, 0.05) is 45.6 Å². The van der Waals surface area contributed by atoms with Crippen LogP contribution in [-0.4, -0.2) is 62.6 Å². The van der Waals surface area contributed by atoms with Crippen molar-refractivity contribution >= 4 is 41.8 Å². The number of ether oxygens (including phenoxy) is 1. The summed E-state index contributed by atoms with van der Waals surface area (Å²) in [6.45, 7) is 6.18. The van der Waals surface area contributed by atoms with Gasteiger partial charge in [-0.15, -0.1) is 24.0 Å². The van der Waals surface area contributed by atoms with Gasteiger partial charge in [0.2, 0.25) is 5.91 Å². The minimum atomic E-state index is -0.128. The average molecular weight is 510 g/mol. The Labute approximate surface area is 187 Å². The SMILES string of the molecule is CCNC(=NCCCN1CCCCCC1=O)NCCCCCCC(=O)OC.I. The highest BCUT2D eigenvalue weighted by Gasteiger charge is 2.15. The molecule has 0 bridgehead atoms. The maximum atomic E-state index is 12.0. The molecule has 1 aliphatic rings. The maximum absolute atomic E-state index is 12.0. The largest absolute Gasteiger partial charge is 0.469 e. The van der Waals surface area contributed by atoms with Crippen LogP contribution in [0.5, 0.6) is 0 Å². The number of rotatable bonds is 12. The first-order valence-electron chi connectivity index (χ1n) is 10.5. The molecule has 0 saturated carbocycles. The molecule has 0 aromatic carbocycles. The van der Waals surface area contributed by atoms with Gasteiger partial charge in [0.1, 0.15) is 0 Å². The number of nitrogens with one attached hydrogen (secondary N) is 2. The highest BCUT2D eigenvalue weighted by molar-refractivity contribution is 14.0. The smallest absolute Gasteiger partial charge is 0.305 e. The fourth-order valence-corrected chi connectivity index (χ4v) is 3.13. The molecule has 1 fully saturated rings. The Morgan fingerprint density at radius 2 is 1.89 bits per heavy atom. The van der Waals surface area contributed by atoms with Gasteiger partial charge in [-0.3, -0.25) is 14.6 Å². The Kier molecular flexibility index (Phi) is 17.3. The number of likely N-dealkylation sites (tertiary alicyclic amines) is 1. The van der Waals surface area contributed by atoms with Crippen LogP contribution in [0.15, 0.2) is 4.99 Å². The van der Waals surface area contributed by atoms with Crippen LogP contribution in [0.25, 0.3) is 0 Å². The van der Waals surface area contributed by atoms with E-state index < -0.39 is 0 Å². The Bertz CT molecular complexity index is 461. The zero-order chi connectivity index (χ0) is 19.7. The van der Waals surface area contributed by atoms with E-state index in [4.69, 9.17) is 0 Å². The number of carbonyl (C=O) groups excluding carboxylic acids is 2. The molecular weight excluding hydrogens is 471 g/mol. The van der Waals surface area contributed by atoms with Crippen molar-refractivity contribution in [3.63, 3.8) is 0 Å². The van der Waals surface area contributed by atoms with E-state index in [0.29, 0.717) is 18.7 Å². The molecule has 1 rings (SSSR count). The number of aliphatic imine (C=N–C) groups is 1. The predicted molar refractivity (Wildman–Crippen MR) is 124 cm³/mol. The second-order valence-corrected chi connectivity index (χ2v) is 6.97. The number of unbranched alkanes of at least 4 members (excludes halogenated alkanes) is 3. The molecular formula is C20H39IN4O3. The molecule has 7 nitrogen and oxygen atoms in total. The number of nitrogens with zero attached hydrogens (tertiary/aromatic N) is 2. The third-order valence-electron chi connectivity index (χ3n) is 4.70. The van der Waals surface area contributed by atoms with E-state index in [0.717, 1.165) is 90.0 Å². The summed E-state index contributed by atoms with van der Waals surface area (Å²) < 4.78 is 4.64. The van der Waals surface area contributed by atoms with E-state index in [1.165, 1.54) is 7.11 Å². The van der Waals surface area contributed by atoms with Crippen LogP contribution >= 0.6 is 24.0 Å². The van der Waals surface area contributed by atoms with E-state index >= 15 is 0 Å². The van der Waals surface area contributed by atoms with Gasteiger partial charge in [0.25, 0.3) is 0 Å². The lowest BCUT2D eigenvalue weighted by atomic mass is 10.1. The normalized spacial score (nSPS) is 14.9.